The Balaban J connectivity index is 1.73. The van der Waals surface area contributed by atoms with Gasteiger partial charge in [0, 0.05) is 12.2 Å². The quantitative estimate of drug-likeness (QED) is 0.873. The maximum Gasteiger partial charge on any atom is 0.356 e. The summed E-state index contributed by atoms with van der Waals surface area (Å²) in [7, 11) is 0. The monoisotopic (exact) mass is 260 g/mol. The van der Waals surface area contributed by atoms with E-state index < -0.39 is 5.97 Å². The minimum absolute atomic E-state index is 0.123. The molecule has 0 amide bonds. The van der Waals surface area contributed by atoms with Gasteiger partial charge in [-0.25, -0.2) is 9.78 Å². The fraction of sp³-hybridized carbons (Fsp3) is 0.600. The van der Waals surface area contributed by atoms with Crippen molar-refractivity contribution in [2.24, 2.45) is 17.8 Å². The second kappa shape index (κ2) is 4.83. The number of nitrogens with zero attached hydrogens (tertiary/aromatic N) is 1. The summed E-state index contributed by atoms with van der Waals surface area (Å²) in [5, 5.41) is 12.5. The van der Waals surface area contributed by atoms with E-state index in [-0.39, 0.29) is 5.69 Å². The van der Waals surface area contributed by atoms with Crippen molar-refractivity contribution in [1.82, 2.24) is 4.98 Å². The van der Waals surface area contributed by atoms with E-state index in [2.05, 4.69) is 17.2 Å². The van der Waals surface area contributed by atoms with Gasteiger partial charge in [0.25, 0.3) is 0 Å². The fourth-order valence-electron chi connectivity index (χ4n) is 3.95. The average Bonchev–Trinajstić information content (AvgIpc) is 3.01. The summed E-state index contributed by atoms with van der Waals surface area (Å²) in [4.78, 5) is 15.1. The molecule has 1 heterocycles. The fourth-order valence-corrected chi connectivity index (χ4v) is 3.95. The number of carboxylic acids is 1. The van der Waals surface area contributed by atoms with E-state index in [1.165, 1.54) is 31.9 Å². The Labute approximate surface area is 113 Å². The summed E-state index contributed by atoms with van der Waals surface area (Å²) in [5.41, 5.74) is 0.766. The third-order valence-electron chi connectivity index (χ3n) is 4.83. The third-order valence-corrected chi connectivity index (χ3v) is 4.83. The van der Waals surface area contributed by atoms with Crippen LogP contribution in [0.25, 0.3) is 0 Å². The van der Waals surface area contributed by atoms with E-state index in [1.807, 2.05) is 0 Å². The van der Waals surface area contributed by atoms with Crippen LogP contribution in [0.5, 0.6) is 0 Å². The first-order valence-electron chi connectivity index (χ1n) is 7.10. The molecule has 4 atom stereocenters. The lowest BCUT2D eigenvalue weighted by Crippen LogP contribution is -2.30. The van der Waals surface area contributed by atoms with E-state index in [0.29, 0.717) is 17.6 Å². The molecular formula is C15H20N2O2. The van der Waals surface area contributed by atoms with E-state index in [0.717, 1.165) is 11.8 Å². The van der Waals surface area contributed by atoms with Crippen LogP contribution in [-0.4, -0.2) is 22.1 Å². The number of carboxylic acid groups (broad SMARTS) is 1. The first kappa shape index (κ1) is 12.5. The summed E-state index contributed by atoms with van der Waals surface area (Å²) < 4.78 is 0. The zero-order chi connectivity index (χ0) is 13.4. The maximum atomic E-state index is 11.1. The summed E-state index contributed by atoms with van der Waals surface area (Å²) in [6, 6.07) is 3.90. The molecule has 4 nitrogen and oxygen atoms in total. The number of nitrogens with one attached hydrogen (secondary N) is 1. The van der Waals surface area contributed by atoms with Crippen LogP contribution >= 0.6 is 0 Å². The van der Waals surface area contributed by atoms with E-state index >= 15 is 0 Å². The highest BCUT2D eigenvalue weighted by Gasteiger charge is 2.41. The molecule has 0 aromatic carbocycles. The van der Waals surface area contributed by atoms with Gasteiger partial charge < -0.3 is 10.4 Å². The molecule has 4 heteroatoms. The van der Waals surface area contributed by atoms with Gasteiger partial charge in [-0.3, -0.25) is 0 Å². The third kappa shape index (κ3) is 2.31. The molecule has 1 aromatic rings. The number of aromatic carboxylic acids is 1. The van der Waals surface area contributed by atoms with Gasteiger partial charge in [0.2, 0.25) is 0 Å². The lowest BCUT2D eigenvalue weighted by atomic mass is 9.84. The zero-order valence-electron chi connectivity index (χ0n) is 11.2. The molecule has 0 spiro atoms. The number of pyridine rings is 1. The smallest absolute Gasteiger partial charge is 0.356 e. The van der Waals surface area contributed by atoms with Crippen molar-refractivity contribution in [2.75, 3.05) is 5.32 Å². The molecule has 0 aliphatic heterocycles. The van der Waals surface area contributed by atoms with E-state index in [9.17, 15) is 4.79 Å². The highest BCUT2D eigenvalue weighted by atomic mass is 16.4. The molecular weight excluding hydrogens is 240 g/mol. The highest BCUT2D eigenvalue weighted by molar-refractivity contribution is 5.91. The van der Waals surface area contributed by atoms with E-state index in [4.69, 9.17) is 5.11 Å². The van der Waals surface area contributed by atoms with Crippen LogP contribution in [0.2, 0.25) is 0 Å². The molecule has 1 aromatic heterocycles. The van der Waals surface area contributed by atoms with Crippen LogP contribution < -0.4 is 5.32 Å². The summed E-state index contributed by atoms with van der Waals surface area (Å²) in [5.74, 6) is 1.45. The van der Waals surface area contributed by atoms with Gasteiger partial charge in [0.05, 0.1) is 5.69 Å². The number of rotatable bonds is 4. The van der Waals surface area contributed by atoms with Crippen LogP contribution in [0.4, 0.5) is 5.69 Å². The molecule has 19 heavy (non-hydrogen) atoms. The van der Waals surface area contributed by atoms with Crippen molar-refractivity contribution < 1.29 is 9.90 Å². The molecule has 2 aliphatic carbocycles. The Morgan fingerprint density at radius 3 is 2.95 bits per heavy atom. The Bertz CT molecular complexity index is 489. The largest absolute Gasteiger partial charge is 0.476 e. The van der Waals surface area contributed by atoms with Crippen LogP contribution in [-0.2, 0) is 0 Å². The van der Waals surface area contributed by atoms with Gasteiger partial charge in [-0.2, -0.15) is 0 Å². The predicted octanol–water partition coefficient (Wildman–Crippen LogP) is 3.02. The summed E-state index contributed by atoms with van der Waals surface area (Å²) in [6.07, 6.45) is 6.93. The number of anilines is 1. The lowest BCUT2D eigenvalue weighted by molar-refractivity contribution is 0.0691. The van der Waals surface area contributed by atoms with Gasteiger partial charge in [0.15, 0.2) is 5.69 Å². The minimum atomic E-state index is -0.969. The van der Waals surface area contributed by atoms with Gasteiger partial charge in [-0.15, -0.1) is 0 Å². The minimum Gasteiger partial charge on any atom is -0.476 e. The molecule has 0 saturated heterocycles. The van der Waals surface area contributed by atoms with Crippen LogP contribution in [0, 0.1) is 17.8 Å². The molecule has 102 valence electrons. The van der Waals surface area contributed by atoms with Gasteiger partial charge >= 0.3 is 5.97 Å². The zero-order valence-corrected chi connectivity index (χ0v) is 11.2. The molecule has 2 bridgehead atoms. The van der Waals surface area contributed by atoms with Crippen LogP contribution in [0.1, 0.15) is 43.1 Å². The predicted molar refractivity (Wildman–Crippen MR) is 73.2 cm³/mol. The second-order valence-corrected chi connectivity index (χ2v) is 5.98. The van der Waals surface area contributed by atoms with Gasteiger partial charge in [-0.05, 0) is 56.1 Å². The number of fused-ring (bicyclic) bond motifs is 2. The molecule has 2 N–H and O–H groups in total. The molecule has 2 saturated carbocycles. The van der Waals surface area contributed by atoms with Gasteiger partial charge in [0.1, 0.15) is 0 Å². The Hall–Kier alpha value is -1.58. The average molecular weight is 260 g/mol. The maximum absolute atomic E-state index is 11.1. The van der Waals surface area contributed by atoms with Gasteiger partial charge in [-0.1, -0.05) is 6.42 Å². The number of hydrogen-bond acceptors (Lipinski definition) is 3. The summed E-state index contributed by atoms with van der Waals surface area (Å²) >= 11 is 0. The van der Waals surface area contributed by atoms with Crippen LogP contribution in [0.15, 0.2) is 18.3 Å². The molecule has 3 rings (SSSR count). The standard InChI is InChI=1S/C15H20N2O2/c1-9(12-8-10-4-5-11(12)7-10)17-13-3-2-6-16-14(13)15(18)19/h2-3,6,9-12,17H,4-5,7-8H2,1H3,(H,18,19). The Morgan fingerprint density at radius 2 is 2.32 bits per heavy atom. The first-order chi connectivity index (χ1) is 9.15. The van der Waals surface area contributed by atoms with Crippen molar-refractivity contribution in [3.8, 4) is 0 Å². The molecule has 4 unspecified atom stereocenters. The van der Waals surface area contributed by atoms with Crippen LogP contribution in [0.3, 0.4) is 0 Å². The topological polar surface area (TPSA) is 62.2 Å². The first-order valence-corrected chi connectivity index (χ1v) is 7.10. The van der Waals surface area contributed by atoms with Crippen molar-refractivity contribution in [2.45, 2.75) is 38.6 Å². The molecule has 2 fully saturated rings. The number of carbonyl (C=O) groups is 1. The second-order valence-electron chi connectivity index (χ2n) is 5.98. The van der Waals surface area contributed by atoms with E-state index in [1.54, 1.807) is 12.1 Å². The SMILES string of the molecule is CC(Nc1cccnc1C(=O)O)C1CC2CCC1C2. The highest BCUT2D eigenvalue weighted by Crippen LogP contribution is 2.49. The normalized spacial score (nSPS) is 30.3. The molecule has 2 aliphatic rings. The summed E-state index contributed by atoms with van der Waals surface area (Å²) in [6.45, 7) is 2.17. The van der Waals surface area contributed by atoms with Crippen molar-refractivity contribution in [3.63, 3.8) is 0 Å². The van der Waals surface area contributed by atoms with Crippen molar-refractivity contribution in [1.29, 1.82) is 0 Å². The molecule has 0 radical (unpaired) electrons. The number of hydrogen-bond donors (Lipinski definition) is 2. The lowest BCUT2D eigenvalue weighted by Gasteiger charge is -2.29. The number of aromatic nitrogens is 1. The van der Waals surface area contributed by atoms with Crippen molar-refractivity contribution >= 4 is 11.7 Å². The Kier molecular flexibility index (Phi) is 3.17. The van der Waals surface area contributed by atoms with Crippen molar-refractivity contribution in [3.05, 3.63) is 24.0 Å². The Morgan fingerprint density at radius 1 is 1.47 bits per heavy atom.